The second-order valence-electron chi connectivity index (χ2n) is 12.3. The molecule has 0 unspecified atom stereocenters. The molecule has 0 saturated carbocycles. The molecule has 0 amide bonds. The largest absolute Gasteiger partial charge is 0.436 e. The summed E-state index contributed by atoms with van der Waals surface area (Å²) in [7, 11) is 0. The van der Waals surface area contributed by atoms with Crippen molar-refractivity contribution in [2.45, 2.75) is 19.3 Å². The number of aromatic nitrogens is 2. The summed E-state index contributed by atoms with van der Waals surface area (Å²) < 4.78 is 6.08. The maximum Gasteiger partial charge on any atom is 0.246 e. The van der Waals surface area contributed by atoms with Gasteiger partial charge in [-0.05, 0) is 79.5 Å². The van der Waals surface area contributed by atoms with Crippen LogP contribution in [-0.2, 0) is 5.41 Å². The fourth-order valence-electron chi connectivity index (χ4n) is 7.06. The van der Waals surface area contributed by atoms with E-state index in [0.717, 1.165) is 44.1 Å². The Morgan fingerprint density at radius 1 is 0.568 bits per heavy atom. The predicted molar refractivity (Wildman–Crippen MR) is 181 cm³/mol. The first-order valence-corrected chi connectivity index (χ1v) is 15.1. The highest BCUT2D eigenvalue weighted by Crippen LogP contribution is 2.49. The molecule has 0 saturated heterocycles. The highest BCUT2D eigenvalue weighted by Gasteiger charge is 2.35. The minimum atomic E-state index is -0.0252. The molecule has 3 nitrogen and oxygen atoms in total. The van der Waals surface area contributed by atoms with Crippen LogP contribution < -0.4 is 0 Å². The van der Waals surface area contributed by atoms with E-state index in [1.165, 1.54) is 38.9 Å². The number of benzene rings is 6. The van der Waals surface area contributed by atoms with E-state index in [0.29, 0.717) is 5.71 Å². The van der Waals surface area contributed by atoms with E-state index in [2.05, 4.69) is 140 Å². The molecule has 0 N–H and O–H groups in total. The highest BCUT2D eigenvalue weighted by molar-refractivity contribution is 6.17. The lowest BCUT2D eigenvalue weighted by atomic mass is 9.81. The molecule has 0 fully saturated rings. The first-order valence-electron chi connectivity index (χ1n) is 15.1. The third kappa shape index (κ3) is 3.69. The van der Waals surface area contributed by atoms with Crippen molar-refractivity contribution < 1.29 is 4.42 Å². The van der Waals surface area contributed by atoms with Gasteiger partial charge in [-0.15, -0.1) is 0 Å². The van der Waals surface area contributed by atoms with E-state index in [4.69, 9.17) is 9.40 Å². The van der Waals surface area contributed by atoms with Gasteiger partial charge in [-0.1, -0.05) is 117 Å². The topological polar surface area (TPSA) is 38.9 Å². The van der Waals surface area contributed by atoms with Crippen molar-refractivity contribution >= 4 is 33.0 Å². The van der Waals surface area contributed by atoms with E-state index in [1.54, 1.807) is 0 Å². The average Bonchev–Trinajstić information content (AvgIpc) is 3.57. The van der Waals surface area contributed by atoms with Crippen LogP contribution in [-0.4, -0.2) is 9.97 Å². The van der Waals surface area contributed by atoms with Crippen molar-refractivity contribution in [3.8, 4) is 44.6 Å². The van der Waals surface area contributed by atoms with Crippen LogP contribution in [0.3, 0.4) is 0 Å². The van der Waals surface area contributed by atoms with Gasteiger partial charge in [-0.3, -0.25) is 0 Å². The molecule has 0 radical (unpaired) electrons. The summed E-state index contributed by atoms with van der Waals surface area (Å²) in [5.74, 6) is 0. The summed E-state index contributed by atoms with van der Waals surface area (Å²) >= 11 is 0. The van der Waals surface area contributed by atoms with Crippen LogP contribution in [0.1, 0.15) is 25.0 Å². The maximum absolute atomic E-state index is 6.08. The van der Waals surface area contributed by atoms with Crippen LogP contribution in [0.2, 0.25) is 0 Å². The van der Waals surface area contributed by atoms with Gasteiger partial charge in [0.05, 0.1) is 17.3 Å². The molecule has 3 heteroatoms. The van der Waals surface area contributed by atoms with Crippen molar-refractivity contribution in [3.05, 3.63) is 145 Å². The lowest BCUT2D eigenvalue weighted by Gasteiger charge is -2.22. The van der Waals surface area contributed by atoms with Crippen LogP contribution in [0, 0.1) is 0 Å². The zero-order chi connectivity index (χ0) is 29.4. The summed E-state index contributed by atoms with van der Waals surface area (Å²) in [5.41, 5.74) is 14.2. The summed E-state index contributed by atoms with van der Waals surface area (Å²) in [5, 5.41) is 3.30. The molecule has 208 valence electrons. The first-order chi connectivity index (χ1) is 21.5. The Labute approximate surface area is 255 Å². The van der Waals surface area contributed by atoms with Crippen molar-refractivity contribution in [1.82, 2.24) is 9.97 Å². The molecule has 0 aliphatic heterocycles. The molecule has 1 aliphatic carbocycles. The first kappa shape index (κ1) is 25.0. The Balaban J connectivity index is 1.11. The molecule has 44 heavy (non-hydrogen) atoms. The monoisotopic (exact) mass is 564 g/mol. The van der Waals surface area contributed by atoms with E-state index >= 15 is 0 Å². The van der Waals surface area contributed by atoms with Gasteiger partial charge in [-0.2, -0.15) is 0 Å². The van der Waals surface area contributed by atoms with Crippen molar-refractivity contribution in [3.63, 3.8) is 0 Å². The van der Waals surface area contributed by atoms with Gasteiger partial charge >= 0.3 is 0 Å². The molecule has 8 aromatic rings. The Bertz CT molecular complexity index is 2430. The lowest BCUT2D eigenvalue weighted by molar-refractivity contribution is 0.653. The van der Waals surface area contributed by atoms with Crippen LogP contribution >= 0.6 is 0 Å². The minimum Gasteiger partial charge on any atom is -0.436 e. The van der Waals surface area contributed by atoms with E-state index in [1.807, 2.05) is 12.3 Å². The molecule has 0 spiro atoms. The smallest absolute Gasteiger partial charge is 0.246 e. The summed E-state index contributed by atoms with van der Waals surface area (Å²) in [6, 6.07) is 45.6. The number of furan rings is 1. The van der Waals surface area contributed by atoms with Crippen LogP contribution in [0.5, 0.6) is 0 Å². The SMILES string of the molecule is CC1(C)c2ccccc2-c2ccc(-c3cccc(-c4cccc(-c5cnc6oc7ccc8ccccc8c7c6n5)c4)c3)cc21. The molecule has 2 heterocycles. The van der Waals surface area contributed by atoms with Gasteiger partial charge < -0.3 is 4.42 Å². The molecule has 0 atom stereocenters. The van der Waals surface area contributed by atoms with Crippen molar-refractivity contribution in [2.24, 2.45) is 0 Å². The molecular formula is C41H28N2O. The van der Waals surface area contributed by atoms with Crippen molar-refractivity contribution in [2.75, 3.05) is 0 Å². The fraction of sp³-hybridized carbons (Fsp3) is 0.0732. The summed E-state index contributed by atoms with van der Waals surface area (Å²) in [6.45, 7) is 4.66. The van der Waals surface area contributed by atoms with Gasteiger partial charge in [0, 0.05) is 11.0 Å². The average molecular weight is 565 g/mol. The third-order valence-corrected chi connectivity index (χ3v) is 9.34. The standard InChI is InChI=1S/C41H28N2O/c1-41(2)34-16-6-5-15-32(34)33-19-17-29(23-35(33)41)27-11-7-10-26(21-27)28-12-8-13-30(22-28)36-24-42-40-39(43-36)38-31-14-4-3-9-25(31)18-20-37(38)44-40/h3-24H,1-2H3. The molecule has 0 bridgehead atoms. The Hall–Kier alpha value is -5.54. The Morgan fingerprint density at radius 3 is 2.09 bits per heavy atom. The van der Waals surface area contributed by atoms with Crippen LogP contribution in [0.15, 0.2) is 138 Å². The van der Waals surface area contributed by atoms with Crippen LogP contribution in [0.25, 0.3) is 77.6 Å². The molecule has 9 rings (SSSR count). The Kier molecular flexibility index (Phi) is 5.24. The second-order valence-corrected chi connectivity index (χ2v) is 12.3. The molecule has 1 aliphatic rings. The fourth-order valence-corrected chi connectivity index (χ4v) is 7.06. The maximum atomic E-state index is 6.08. The lowest BCUT2D eigenvalue weighted by Crippen LogP contribution is -2.14. The van der Waals surface area contributed by atoms with Gasteiger partial charge in [0.2, 0.25) is 5.71 Å². The summed E-state index contributed by atoms with van der Waals surface area (Å²) in [6.07, 6.45) is 1.81. The van der Waals surface area contributed by atoms with Crippen LogP contribution in [0.4, 0.5) is 0 Å². The third-order valence-electron chi connectivity index (χ3n) is 9.34. The highest BCUT2D eigenvalue weighted by atomic mass is 16.3. The molecular weight excluding hydrogens is 536 g/mol. The number of rotatable bonds is 3. The van der Waals surface area contributed by atoms with E-state index < -0.39 is 0 Å². The van der Waals surface area contributed by atoms with E-state index in [-0.39, 0.29) is 5.41 Å². The number of nitrogens with zero attached hydrogens (tertiary/aromatic N) is 2. The normalized spacial score (nSPS) is 13.4. The quantitative estimate of drug-likeness (QED) is 0.214. The Morgan fingerprint density at radius 2 is 1.25 bits per heavy atom. The molecule has 2 aromatic heterocycles. The summed E-state index contributed by atoms with van der Waals surface area (Å²) in [4.78, 5) is 9.78. The van der Waals surface area contributed by atoms with Crippen molar-refractivity contribution in [1.29, 1.82) is 0 Å². The van der Waals surface area contributed by atoms with Gasteiger partial charge in [0.25, 0.3) is 0 Å². The second kappa shape index (κ2) is 9.23. The zero-order valence-corrected chi connectivity index (χ0v) is 24.5. The van der Waals surface area contributed by atoms with Gasteiger partial charge in [-0.25, -0.2) is 9.97 Å². The zero-order valence-electron chi connectivity index (χ0n) is 24.5. The predicted octanol–water partition coefficient (Wildman–Crippen LogP) is 10.8. The number of hydrogen-bond acceptors (Lipinski definition) is 3. The number of fused-ring (bicyclic) bond motifs is 8. The van der Waals surface area contributed by atoms with Gasteiger partial charge in [0.1, 0.15) is 11.1 Å². The molecule has 6 aromatic carbocycles. The number of hydrogen-bond donors (Lipinski definition) is 0. The van der Waals surface area contributed by atoms with E-state index in [9.17, 15) is 0 Å². The minimum absolute atomic E-state index is 0.0252. The van der Waals surface area contributed by atoms with Gasteiger partial charge in [0.15, 0.2) is 0 Å².